The van der Waals surface area contributed by atoms with Gasteiger partial charge >= 0.3 is 0 Å². The average Bonchev–Trinajstić information content (AvgIpc) is 3.64. The van der Waals surface area contributed by atoms with Crippen LogP contribution in [0, 0.1) is 28.5 Å². The van der Waals surface area contributed by atoms with Gasteiger partial charge in [0.05, 0.1) is 40.0 Å². The lowest BCUT2D eigenvalue weighted by Gasteiger charge is -2.17. The maximum absolute atomic E-state index is 15.0. The first kappa shape index (κ1) is 35.9. The normalized spacial score (nSPS) is 11.1. The Kier molecular flexibility index (Phi) is 9.02. The molecule has 8 aromatic carbocycles. The van der Waals surface area contributed by atoms with Crippen LogP contribution in [-0.4, -0.2) is 19.5 Å². The molecule has 2 aromatic heterocycles. The molecule has 0 aliphatic rings. The minimum absolute atomic E-state index is 0.344. The first-order chi connectivity index (χ1) is 29.6. The van der Waals surface area contributed by atoms with Crippen molar-refractivity contribution in [3.63, 3.8) is 0 Å². The number of nitrogens with zero attached hydrogens (tertiary/aromatic N) is 6. The topological polar surface area (TPSA) is 91.2 Å². The second-order valence-electron chi connectivity index (χ2n) is 14.4. The van der Waals surface area contributed by atoms with Gasteiger partial charge in [-0.2, -0.15) is 10.5 Å². The van der Waals surface area contributed by atoms with Gasteiger partial charge in [-0.3, -0.25) is 0 Å². The van der Waals surface area contributed by atoms with Crippen molar-refractivity contribution in [1.29, 1.82) is 10.5 Å². The summed E-state index contributed by atoms with van der Waals surface area (Å²) in [6, 6.07) is 64.7. The molecule has 2 heterocycles. The lowest BCUT2D eigenvalue weighted by molar-refractivity contribution is 0.628. The number of aromatic nitrogens is 4. The largest absolute Gasteiger partial charge is 0.309 e. The molecular formula is C53H31FN6. The van der Waals surface area contributed by atoms with Gasteiger partial charge in [0, 0.05) is 33.0 Å². The number of benzene rings is 8. The van der Waals surface area contributed by atoms with E-state index in [1.54, 1.807) is 12.1 Å². The highest BCUT2D eigenvalue weighted by Gasteiger charge is 2.21. The number of nitriles is 2. The minimum atomic E-state index is -0.344. The maximum Gasteiger partial charge on any atom is 0.164 e. The van der Waals surface area contributed by atoms with E-state index in [-0.39, 0.29) is 5.82 Å². The van der Waals surface area contributed by atoms with Gasteiger partial charge in [-0.05, 0) is 82.4 Å². The van der Waals surface area contributed by atoms with Crippen LogP contribution in [0.25, 0.3) is 95.0 Å². The Bertz CT molecular complexity index is 3190. The first-order valence-electron chi connectivity index (χ1n) is 19.4. The zero-order valence-electron chi connectivity index (χ0n) is 32.0. The highest BCUT2D eigenvalue weighted by atomic mass is 19.1. The summed E-state index contributed by atoms with van der Waals surface area (Å²) in [6.45, 7) is 0. The summed E-state index contributed by atoms with van der Waals surface area (Å²) < 4.78 is 17.2. The molecule has 7 heteroatoms. The van der Waals surface area contributed by atoms with Gasteiger partial charge in [0.2, 0.25) is 0 Å². The van der Waals surface area contributed by atoms with Crippen LogP contribution in [0.15, 0.2) is 188 Å². The van der Waals surface area contributed by atoms with E-state index >= 15 is 4.39 Å². The van der Waals surface area contributed by atoms with E-state index in [1.807, 2.05) is 140 Å². The summed E-state index contributed by atoms with van der Waals surface area (Å²) in [5, 5.41) is 22.0. The summed E-state index contributed by atoms with van der Waals surface area (Å²) in [5.41, 5.74) is 11.2. The molecule has 6 nitrogen and oxygen atoms in total. The molecule has 0 saturated heterocycles. The highest BCUT2D eigenvalue weighted by Crippen LogP contribution is 2.41. The SMILES string of the molecule is N#Cc1ccccc1-c1ccc2c(c1)c1cc(-c3ccccc3C#N)ccc1n2-c1cc(-c2nc(-c3ccccc3)nc(-c3ccccc3)n2)ccc1-c1cccc(F)c1. The Balaban J connectivity index is 1.27. The van der Waals surface area contributed by atoms with Crippen molar-refractivity contribution < 1.29 is 4.39 Å². The monoisotopic (exact) mass is 770 g/mol. The lowest BCUT2D eigenvalue weighted by Crippen LogP contribution is -2.02. The third-order valence-electron chi connectivity index (χ3n) is 10.8. The number of fused-ring (bicyclic) bond motifs is 3. The zero-order valence-corrected chi connectivity index (χ0v) is 32.0. The summed E-state index contributed by atoms with van der Waals surface area (Å²) in [5.74, 6) is 1.23. The molecule has 60 heavy (non-hydrogen) atoms. The van der Waals surface area contributed by atoms with Crippen LogP contribution in [0.2, 0.25) is 0 Å². The minimum Gasteiger partial charge on any atom is -0.309 e. The fourth-order valence-electron chi connectivity index (χ4n) is 7.98. The van der Waals surface area contributed by atoms with Gasteiger partial charge in [0.25, 0.3) is 0 Å². The Labute approximate surface area is 345 Å². The second-order valence-corrected chi connectivity index (χ2v) is 14.4. The molecule has 0 spiro atoms. The van der Waals surface area contributed by atoms with E-state index in [2.05, 4.69) is 47.0 Å². The van der Waals surface area contributed by atoms with E-state index in [4.69, 9.17) is 15.0 Å². The van der Waals surface area contributed by atoms with Crippen molar-refractivity contribution in [2.45, 2.75) is 0 Å². The van der Waals surface area contributed by atoms with E-state index in [1.165, 1.54) is 6.07 Å². The van der Waals surface area contributed by atoms with Gasteiger partial charge in [-0.25, -0.2) is 19.3 Å². The zero-order chi connectivity index (χ0) is 40.6. The quantitative estimate of drug-likeness (QED) is 0.161. The van der Waals surface area contributed by atoms with Crippen LogP contribution in [0.4, 0.5) is 4.39 Å². The Morgan fingerprint density at radius 2 is 0.833 bits per heavy atom. The number of hydrogen-bond donors (Lipinski definition) is 0. The van der Waals surface area contributed by atoms with Crippen LogP contribution in [0.5, 0.6) is 0 Å². The predicted molar refractivity (Wildman–Crippen MR) is 236 cm³/mol. The number of hydrogen-bond acceptors (Lipinski definition) is 5. The van der Waals surface area contributed by atoms with Crippen LogP contribution in [0.3, 0.4) is 0 Å². The molecule has 0 N–H and O–H groups in total. The Hall–Kier alpha value is -8.52. The van der Waals surface area contributed by atoms with E-state index in [0.717, 1.165) is 72.0 Å². The lowest BCUT2D eigenvalue weighted by atomic mass is 9.96. The molecule has 0 saturated carbocycles. The number of halogens is 1. The van der Waals surface area contributed by atoms with Crippen LogP contribution < -0.4 is 0 Å². The summed E-state index contributed by atoms with van der Waals surface area (Å²) in [7, 11) is 0. The molecule has 280 valence electrons. The third kappa shape index (κ3) is 6.43. The van der Waals surface area contributed by atoms with Crippen LogP contribution in [-0.2, 0) is 0 Å². The number of rotatable bonds is 7. The molecular weight excluding hydrogens is 740 g/mol. The summed E-state index contributed by atoms with van der Waals surface area (Å²) in [4.78, 5) is 15.0. The van der Waals surface area contributed by atoms with Crippen LogP contribution in [0.1, 0.15) is 11.1 Å². The predicted octanol–water partition coefficient (Wildman–Crippen LogP) is 12.9. The van der Waals surface area contributed by atoms with Gasteiger partial charge in [-0.15, -0.1) is 0 Å². The molecule has 0 aliphatic carbocycles. The molecule has 0 atom stereocenters. The van der Waals surface area contributed by atoms with Crippen LogP contribution >= 0.6 is 0 Å². The Morgan fingerprint density at radius 3 is 1.35 bits per heavy atom. The van der Waals surface area contributed by atoms with Crippen molar-refractivity contribution in [1.82, 2.24) is 19.5 Å². The fraction of sp³-hybridized carbons (Fsp3) is 0. The van der Waals surface area contributed by atoms with E-state index in [9.17, 15) is 10.5 Å². The summed E-state index contributed by atoms with van der Waals surface area (Å²) in [6.07, 6.45) is 0. The van der Waals surface area contributed by atoms with Crippen molar-refractivity contribution in [3.05, 3.63) is 205 Å². The standard InChI is InChI=1S/C53H31FN6/c54-42-19-11-18-36(28-42)45-25-22-39(53-58-51(34-12-3-1-4-13-34)57-52(59-53)35-14-5-2-6-15-35)31-50(45)60-48-26-23-37(43-20-9-7-16-40(43)32-55)29-46(48)47-30-38(24-27-49(47)60)44-21-10-8-17-41(44)33-56/h1-31H. The second kappa shape index (κ2) is 15.1. The fourth-order valence-corrected chi connectivity index (χ4v) is 7.98. The smallest absolute Gasteiger partial charge is 0.164 e. The molecule has 0 radical (unpaired) electrons. The molecule has 0 fully saturated rings. The van der Waals surface area contributed by atoms with Gasteiger partial charge < -0.3 is 4.57 Å². The van der Waals surface area contributed by atoms with Crippen molar-refractivity contribution >= 4 is 21.8 Å². The molecule has 0 amide bonds. The van der Waals surface area contributed by atoms with E-state index < -0.39 is 0 Å². The van der Waals surface area contributed by atoms with Crippen molar-refractivity contribution in [3.8, 4) is 85.4 Å². The Morgan fingerprint density at radius 1 is 0.383 bits per heavy atom. The first-order valence-corrected chi connectivity index (χ1v) is 19.4. The van der Waals surface area contributed by atoms with E-state index in [0.29, 0.717) is 34.2 Å². The van der Waals surface area contributed by atoms with Crippen molar-refractivity contribution in [2.24, 2.45) is 0 Å². The molecule has 10 rings (SSSR count). The van der Waals surface area contributed by atoms with Gasteiger partial charge in [0.1, 0.15) is 5.82 Å². The molecule has 0 bridgehead atoms. The van der Waals surface area contributed by atoms with Crippen molar-refractivity contribution in [2.75, 3.05) is 0 Å². The van der Waals surface area contributed by atoms with Gasteiger partial charge in [0.15, 0.2) is 17.5 Å². The average molecular weight is 771 g/mol. The van der Waals surface area contributed by atoms with Gasteiger partial charge in [-0.1, -0.05) is 133 Å². The summed E-state index contributed by atoms with van der Waals surface area (Å²) >= 11 is 0. The highest BCUT2D eigenvalue weighted by molar-refractivity contribution is 6.12. The maximum atomic E-state index is 15.0. The third-order valence-corrected chi connectivity index (χ3v) is 10.8. The molecule has 0 unspecified atom stereocenters. The molecule has 10 aromatic rings. The molecule has 0 aliphatic heterocycles.